The highest BCUT2D eigenvalue weighted by Crippen LogP contribution is 2.30. The molecule has 0 radical (unpaired) electrons. The Labute approximate surface area is 155 Å². The number of thioether (sulfide) groups is 1. The van der Waals surface area contributed by atoms with Crippen LogP contribution in [0.5, 0.6) is 11.5 Å². The van der Waals surface area contributed by atoms with Crippen molar-refractivity contribution in [2.75, 3.05) is 25.7 Å². The van der Waals surface area contributed by atoms with Gasteiger partial charge in [-0.2, -0.15) is 10.5 Å². The summed E-state index contributed by atoms with van der Waals surface area (Å²) in [4.78, 5) is 16.6. The fourth-order valence-corrected chi connectivity index (χ4v) is 3.24. The normalized spacial score (nSPS) is 9.88. The minimum Gasteiger partial charge on any atom is -0.493 e. The molecule has 0 aliphatic heterocycles. The van der Waals surface area contributed by atoms with Crippen molar-refractivity contribution in [1.29, 1.82) is 10.5 Å². The first kappa shape index (κ1) is 19.1. The number of nitrogens with two attached hydrogens (primary N) is 1. The molecule has 0 saturated heterocycles. The third kappa shape index (κ3) is 3.71. The van der Waals surface area contributed by atoms with E-state index in [1.54, 1.807) is 25.1 Å². The number of pyridine rings is 1. The van der Waals surface area contributed by atoms with Crippen LogP contribution in [0.3, 0.4) is 0 Å². The molecule has 0 amide bonds. The summed E-state index contributed by atoms with van der Waals surface area (Å²) in [6.45, 7) is 1.63. The average molecular weight is 368 g/mol. The number of nitriles is 2. The Morgan fingerprint density at radius 3 is 2.42 bits per heavy atom. The SMILES string of the molecule is COc1ccc(C(=O)CSc2nc(N)c(C#N)c(C)c2C#N)cc1OC. The number of ketones is 1. The molecule has 8 heteroatoms. The predicted octanol–water partition coefficient (Wildman–Crippen LogP) is 2.71. The van der Waals surface area contributed by atoms with E-state index in [4.69, 9.17) is 20.5 Å². The van der Waals surface area contributed by atoms with E-state index in [-0.39, 0.29) is 28.5 Å². The first-order valence-corrected chi connectivity index (χ1v) is 8.43. The molecule has 0 saturated carbocycles. The Morgan fingerprint density at radius 2 is 1.85 bits per heavy atom. The van der Waals surface area contributed by atoms with Gasteiger partial charge in [0.25, 0.3) is 0 Å². The number of carbonyl (C=O) groups excluding carboxylic acids is 1. The van der Waals surface area contributed by atoms with Crippen molar-refractivity contribution in [2.45, 2.75) is 11.9 Å². The smallest absolute Gasteiger partial charge is 0.173 e. The second-order valence-electron chi connectivity index (χ2n) is 5.18. The molecule has 1 heterocycles. The molecule has 7 nitrogen and oxygen atoms in total. The lowest BCUT2D eigenvalue weighted by Crippen LogP contribution is -2.06. The number of hydrogen-bond donors (Lipinski definition) is 1. The average Bonchev–Trinajstić information content (AvgIpc) is 2.65. The third-order valence-corrected chi connectivity index (χ3v) is 4.69. The molecular formula is C18H16N4O3S. The van der Waals surface area contributed by atoms with E-state index < -0.39 is 0 Å². The van der Waals surface area contributed by atoms with Crippen LogP contribution in [-0.4, -0.2) is 30.7 Å². The zero-order valence-corrected chi connectivity index (χ0v) is 15.3. The van der Waals surface area contributed by atoms with Crippen molar-refractivity contribution in [3.63, 3.8) is 0 Å². The highest BCUT2D eigenvalue weighted by Gasteiger charge is 2.18. The lowest BCUT2D eigenvalue weighted by Gasteiger charge is -2.10. The van der Waals surface area contributed by atoms with E-state index >= 15 is 0 Å². The fraction of sp³-hybridized carbons (Fsp3) is 0.222. The van der Waals surface area contributed by atoms with Crippen LogP contribution in [0.1, 0.15) is 27.0 Å². The summed E-state index contributed by atoms with van der Waals surface area (Å²) < 4.78 is 10.3. The predicted molar refractivity (Wildman–Crippen MR) is 97.4 cm³/mol. The van der Waals surface area contributed by atoms with Gasteiger partial charge < -0.3 is 15.2 Å². The molecule has 0 unspecified atom stereocenters. The first-order valence-electron chi connectivity index (χ1n) is 7.45. The fourth-order valence-electron chi connectivity index (χ4n) is 2.30. The molecule has 2 N–H and O–H groups in total. The molecule has 2 aromatic rings. The number of Topliss-reactive ketones (excluding diaryl/α,β-unsaturated/α-hetero) is 1. The number of ether oxygens (including phenoxy) is 2. The quantitative estimate of drug-likeness (QED) is 0.610. The van der Waals surface area contributed by atoms with Gasteiger partial charge in [0.2, 0.25) is 0 Å². The van der Waals surface area contributed by atoms with Crippen molar-refractivity contribution in [1.82, 2.24) is 4.98 Å². The molecule has 2 rings (SSSR count). The number of hydrogen-bond acceptors (Lipinski definition) is 8. The number of carbonyl (C=O) groups is 1. The van der Waals surface area contributed by atoms with Gasteiger partial charge in [0, 0.05) is 5.56 Å². The van der Waals surface area contributed by atoms with Crippen molar-refractivity contribution < 1.29 is 14.3 Å². The van der Waals surface area contributed by atoms with Crippen LogP contribution in [-0.2, 0) is 0 Å². The van der Waals surface area contributed by atoms with Crippen molar-refractivity contribution in [3.8, 4) is 23.6 Å². The van der Waals surface area contributed by atoms with E-state index in [1.807, 2.05) is 12.1 Å². The van der Waals surface area contributed by atoms with Gasteiger partial charge in [-0.15, -0.1) is 0 Å². The number of rotatable bonds is 6. The Bertz CT molecular complexity index is 945. The number of nitrogens with zero attached hydrogens (tertiary/aromatic N) is 3. The lowest BCUT2D eigenvalue weighted by molar-refractivity contribution is 0.102. The molecule has 1 aromatic carbocycles. The minimum atomic E-state index is -0.165. The number of nitrogen functional groups attached to an aromatic ring is 1. The van der Waals surface area contributed by atoms with Gasteiger partial charge in [-0.1, -0.05) is 11.8 Å². The molecule has 132 valence electrons. The standard InChI is InChI=1S/C18H16N4O3S/c1-10-12(7-19)17(21)22-18(13(10)8-20)26-9-14(23)11-4-5-15(24-2)16(6-11)25-3/h4-6H,9H2,1-3H3,(H2,21,22). The van der Waals surface area contributed by atoms with Gasteiger partial charge in [0.1, 0.15) is 23.0 Å². The van der Waals surface area contributed by atoms with Crippen LogP contribution in [0.25, 0.3) is 0 Å². The number of anilines is 1. The van der Waals surface area contributed by atoms with Crippen molar-refractivity contribution >= 4 is 23.4 Å². The van der Waals surface area contributed by atoms with Crippen molar-refractivity contribution in [2.24, 2.45) is 0 Å². The van der Waals surface area contributed by atoms with Gasteiger partial charge >= 0.3 is 0 Å². The van der Waals surface area contributed by atoms with Crippen LogP contribution < -0.4 is 15.2 Å². The van der Waals surface area contributed by atoms with Crippen LogP contribution in [0.15, 0.2) is 23.2 Å². The molecule has 26 heavy (non-hydrogen) atoms. The molecule has 0 spiro atoms. The largest absolute Gasteiger partial charge is 0.493 e. The third-order valence-electron chi connectivity index (χ3n) is 3.71. The van der Waals surface area contributed by atoms with E-state index in [0.717, 1.165) is 11.8 Å². The zero-order valence-electron chi connectivity index (χ0n) is 14.5. The number of aromatic nitrogens is 1. The summed E-state index contributed by atoms with van der Waals surface area (Å²) in [7, 11) is 3.01. The van der Waals surface area contributed by atoms with Gasteiger partial charge in [0.05, 0.1) is 31.1 Å². The van der Waals surface area contributed by atoms with Crippen LogP contribution in [0, 0.1) is 29.6 Å². The van der Waals surface area contributed by atoms with E-state index in [9.17, 15) is 10.1 Å². The van der Waals surface area contributed by atoms with Gasteiger partial charge in [-0.05, 0) is 30.7 Å². The molecule has 0 aliphatic carbocycles. The maximum absolute atomic E-state index is 12.5. The van der Waals surface area contributed by atoms with Gasteiger partial charge in [-0.3, -0.25) is 4.79 Å². The molecule has 0 bridgehead atoms. The molecule has 0 atom stereocenters. The first-order chi connectivity index (χ1) is 12.5. The number of methoxy groups -OCH3 is 2. The van der Waals surface area contributed by atoms with Crippen molar-refractivity contribution in [3.05, 3.63) is 40.5 Å². The molecule has 1 aromatic heterocycles. The maximum atomic E-state index is 12.5. The Balaban J connectivity index is 2.26. The van der Waals surface area contributed by atoms with Gasteiger partial charge in [0.15, 0.2) is 17.3 Å². The van der Waals surface area contributed by atoms with Crippen LogP contribution >= 0.6 is 11.8 Å². The zero-order chi connectivity index (χ0) is 19.3. The van der Waals surface area contributed by atoms with Crippen LogP contribution in [0.4, 0.5) is 5.82 Å². The summed E-state index contributed by atoms with van der Waals surface area (Å²) in [6.07, 6.45) is 0. The van der Waals surface area contributed by atoms with Gasteiger partial charge in [-0.25, -0.2) is 4.98 Å². The maximum Gasteiger partial charge on any atom is 0.173 e. The van der Waals surface area contributed by atoms with E-state index in [0.29, 0.717) is 27.7 Å². The summed E-state index contributed by atoms with van der Waals surface area (Å²) >= 11 is 1.10. The summed E-state index contributed by atoms with van der Waals surface area (Å²) in [5.74, 6) is 0.924. The van der Waals surface area contributed by atoms with E-state index in [2.05, 4.69) is 4.98 Å². The second kappa shape index (κ2) is 8.24. The minimum absolute atomic E-state index is 0.0464. The second-order valence-corrected chi connectivity index (χ2v) is 6.15. The number of benzene rings is 1. The molecular weight excluding hydrogens is 352 g/mol. The summed E-state index contributed by atoms with van der Waals surface area (Å²) in [6, 6.07) is 8.85. The summed E-state index contributed by atoms with van der Waals surface area (Å²) in [5, 5.41) is 18.8. The molecule has 0 fully saturated rings. The monoisotopic (exact) mass is 368 g/mol. The highest BCUT2D eigenvalue weighted by molar-refractivity contribution is 8.00. The lowest BCUT2D eigenvalue weighted by atomic mass is 10.1. The topological polar surface area (TPSA) is 122 Å². The highest BCUT2D eigenvalue weighted by atomic mass is 32.2. The molecule has 0 aliphatic rings. The Morgan fingerprint density at radius 1 is 1.19 bits per heavy atom. The van der Waals surface area contributed by atoms with Crippen LogP contribution in [0.2, 0.25) is 0 Å². The van der Waals surface area contributed by atoms with E-state index in [1.165, 1.54) is 14.2 Å². The summed E-state index contributed by atoms with van der Waals surface area (Å²) in [5.41, 5.74) is 7.11. The Hall–Kier alpha value is -3.23. The Kier molecular flexibility index (Phi) is 6.05.